The van der Waals surface area contributed by atoms with Crippen molar-refractivity contribution in [3.05, 3.63) is 40.6 Å². The minimum Gasteiger partial charge on any atom is -0.493 e. The lowest BCUT2D eigenvalue weighted by Gasteiger charge is -2.12. The Morgan fingerprint density at radius 2 is 2.16 bits per heavy atom. The molecule has 0 aliphatic rings. The average Bonchev–Trinajstić information content (AvgIpc) is 3.13. The van der Waals surface area contributed by atoms with Gasteiger partial charge in [-0.15, -0.1) is 5.10 Å². The fraction of sp³-hybridized carbons (Fsp3) is 0.375. The number of hydrogen-bond acceptors (Lipinski definition) is 6. The first-order chi connectivity index (χ1) is 11.8. The van der Waals surface area contributed by atoms with Crippen molar-refractivity contribution < 1.29 is 14.1 Å². The minimum atomic E-state index is -0.443. The monoisotopic (exact) mass is 345 g/mol. The number of anilines is 1. The third kappa shape index (κ3) is 3.25. The number of pyridine rings is 1. The number of fused-ring (bicyclic) bond motifs is 1. The van der Waals surface area contributed by atoms with Gasteiger partial charge in [-0.05, 0) is 12.1 Å². The van der Waals surface area contributed by atoms with Crippen LogP contribution in [0.4, 0.5) is 5.88 Å². The van der Waals surface area contributed by atoms with E-state index in [2.05, 4.69) is 15.6 Å². The number of ether oxygens (including phenoxy) is 1. The van der Waals surface area contributed by atoms with Gasteiger partial charge in [0.1, 0.15) is 6.54 Å². The Bertz CT molecular complexity index is 976. The number of carbonyl (C=O) groups excluding carboxylic acids is 1. The van der Waals surface area contributed by atoms with Crippen LogP contribution in [0.3, 0.4) is 0 Å². The molecule has 3 aromatic rings. The van der Waals surface area contributed by atoms with Crippen LogP contribution in [0.2, 0.25) is 0 Å². The summed E-state index contributed by atoms with van der Waals surface area (Å²) < 4.78 is 12.7. The molecule has 1 amide bonds. The Kier molecular flexibility index (Phi) is 4.07. The van der Waals surface area contributed by atoms with Crippen LogP contribution in [0.15, 0.2) is 33.7 Å². The van der Waals surface area contributed by atoms with Crippen LogP contribution in [0.5, 0.6) is 5.75 Å². The number of hydrogen-bond donors (Lipinski definition) is 1. The molecule has 0 bridgehead atoms. The lowest BCUT2D eigenvalue weighted by atomic mass is 9.92. The molecule has 25 heavy (non-hydrogen) atoms. The Hall–Kier alpha value is -3.10. The zero-order chi connectivity index (χ0) is 18.2. The summed E-state index contributed by atoms with van der Waals surface area (Å²) in [6.45, 7) is 5.70. The van der Waals surface area contributed by atoms with E-state index in [4.69, 9.17) is 9.26 Å². The Morgan fingerprint density at radius 3 is 2.80 bits per heavy atom. The smallest absolute Gasteiger partial charge is 0.350 e. The largest absolute Gasteiger partial charge is 0.493 e. The maximum Gasteiger partial charge on any atom is 0.350 e. The Balaban J connectivity index is 1.79. The van der Waals surface area contributed by atoms with Gasteiger partial charge >= 0.3 is 5.69 Å². The number of rotatable bonds is 4. The van der Waals surface area contributed by atoms with E-state index in [0.717, 1.165) is 10.4 Å². The number of methoxy groups -OCH3 is 1. The molecular formula is C16H19N5O4. The SMILES string of the molecule is COc1cccn2c(=O)n(CC(=O)Nc3cc(C(C)(C)C)no3)nc12. The lowest BCUT2D eigenvalue weighted by molar-refractivity contribution is -0.117. The van der Waals surface area contributed by atoms with Crippen LogP contribution >= 0.6 is 0 Å². The van der Waals surface area contributed by atoms with Gasteiger partial charge in [-0.1, -0.05) is 25.9 Å². The van der Waals surface area contributed by atoms with E-state index in [1.165, 1.54) is 11.5 Å². The van der Waals surface area contributed by atoms with Crippen molar-refractivity contribution in [2.24, 2.45) is 0 Å². The maximum atomic E-state index is 12.3. The van der Waals surface area contributed by atoms with Crippen LogP contribution in [0.25, 0.3) is 5.65 Å². The Labute approximate surface area is 143 Å². The van der Waals surface area contributed by atoms with E-state index in [9.17, 15) is 9.59 Å². The highest BCUT2D eigenvalue weighted by Gasteiger charge is 2.20. The summed E-state index contributed by atoms with van der Waals surface area (Å²) in [5.74, 6) is 0.231. The molecule has 0 radical (unpaired) electrons. The number of nitrogens with one attached hydrogen (secondary N) is 1. The standard InChI is InChI=1S/C16H19N5O4/c1-16(2,3)11-8-13(25-19-11)17-12(22)9-21-15(23)20-7-5-6-10(24-4)14(20)18-21/h5-8H,9H2,1-4H3,(H,17,22). The van der Waals surface area contributed by atoms with E-state index in [0.29, 0.717) is 11.4 Å². The summed E-state index contributed by atoms with van der Waals surface area (Å²) in [6.07, 6.45) is 1.56. The molecule has 9 nitrogen and oxygen atoms in total. The molecule has 0 fully saturated rings. The number of aromatic nitrogens is 4. The van der Waals surface area contributed by atoms with Gasteiger partial charge in [0, 0.05) is 17.7 Å². The second-order valence-corrected chi connectivity index (χ2v) is 6.58. The fourth-order valence-electron chi connectivity index (χ4n) is 2.28. The predicted octanol–water partition coefficient (Wildman–Crippen LogP) is 1.43. The third-order valence-electron chi connectivity index (χ3n) is 3.63. The molecule has 0 aliphatic carbocycles. The zero-order valence-electron chi connectivity index (χ0n) is 14.4. The van der Waals surface area contributed by atoms with Gasteiger partial charge in [-0.2, -0.15) is 0 Å². The molecule has 3 rings (SSSR count). The van der Waals surface area contributed by atoms with Crippen molar-refractivity contribution in [3.8, 4) is 5.75 Å². The molecule has 0 saturated carbocycles. The molecule has 0 spiro atoms. The first-order valence-corrected chi connectivity index (χ1v) is 7.69. The minimum absolute atomic E-state index is 0.193. The van der Waals surface area contributed by atoms with Crippen LogP contribution in [0, 0.1) is 0 Å². The quantitative estimate of drug-likeness (QED) is 0.767. The molecule has 0 aromatic carbocycles. The summed E-state index contributed by atoms with van der Waals surface area (Å²) in [7, 11) is 1.49. The van der Waals surface area contributed by atoms with Crippen molar-refractivity contribution in [1.29, 1.82) is 0 Å². The van der Waals surface area contributed by atoms with Crippen molar-refractivity contribution in [3.63, 3.8) is 0 Å². The van der Waals surface area contributed by atoms with Gasteiger partial charge in [0.25, 0.3) is 0 Å². The van der Waals surface area contributed by atoms with E-state index < -0.39 is 11.6 Å². The first kappa shape index (κ1) is 16.7. The lowest BCUT2D eigenvalue weighted by Crippen LogP contribution is -2.28. The topological polar surface area (TPSA) is 104 Å². The highest BCUT2D eigenvalue weighted by molar-refractivity contribution is 5.89. The highest BCUT2D eigenvalue weighted by Crippen LogP contribution is 2.23. The fourth-order valence-corrected chi connectivity index (χ4v) is 2.28. The molecule has 132 valence electrons. The van der Waals surface area contributed by atoms with Gasteiger partial charge in [0.15, 0.2) is 5.75 Å². The van der Waals surface area contributed by atoms with Crippen molar-refractivity contribution in [2.45, 2.75) is 32.7 Å². The van der Waals surface area contributed by atoms with Crippen molar-refractivity contribution in [1.82, 2.24) is 19.3 Å². The van der Waals surface area contributed by atoms with Crippen molar-refractivity contribution in [2.75, 3.05) is 12.4 Å². The maximum absolute atomic E-state index is 12.3. The number of nitrogens with zero attached hydrogens (tertiary/aromatic N) is 4. The van der Waals surface area contributed by atoms with E-state index in [1.807, 2.05) is 20.8 Å². The van der Waals surface area contributed by atoms with Gasteiger partial charge in [-0.25, -0.2) is 13.9 Å². The summed E-state index contributed by atoms with van der Waals surface area (Å²) in [5, 5.41) is 10.6. The zero-order valence-corrected chi connectivity index (χ0v) is 14.4. The van der Waals surface area contributed by atoms with Gasteiger partial charge < -0.3 is 9.26 Å². The van der Waals surface area contributed by atoms with Gasteiger partial charge in [0.2, 0.25) is 17.4 Å². The third-order valence-corrected chi connectivity index (χ3v) is 3.63. The molecule has 0 atom stereocenters. The average molecular weight is 345 g/mol. The molecule has 3 aromatic heterocycles. The molecule has 0 aliphatic heterocycles. The molecule has 1 N–H and O–H groups in total. The summed E-state index contributed by atoms with van der Waals surface area (Å²) in [6, 6.07) is 5.02. The first-order valence-electron chi connectivity index (χ1n) is 7.69. The van der Waals surface area contributed by atoms with Gasteiger partial charge in [-0.3, -0.25) is 10.1 Å². The van der Waals surface area contributed by atoms with E-state index in [1.54, 1.807) is 24.4 Å². The molecule has 0 saturated heterocycles. The number of carbonyl (C=O) groups is 1. The van der Waals surface area contributed by atoms with E-state index >= 15 is 0 Å². The normalized spacial score (nSPS) is 11.7. The molecule has 3 heterocycles. The van der Waals surface area contributed by atoms with Crippen LogP contribution in [-0.2, 0) is 16.8 Å². The van der Waals surface area contributed by atoms with Crippen LogP contribution < -0.4 is 15.7 Å². The molecular weight excluding hydrogens is 326 g/mol. The predicted molar refractivity (Wildman–Crippen MR) is 89.8 cm³/mol. The second kappa shape index (κ2) is 6.08. The van der Waals surface area contributed by atoms with Crippen LogP contribution in [-0.4, -0.2) is 32.4 Å². The van der Waals surface area contributed by atoms with Crippen molar-refractivity contribution >= 4 is 17.4 Å². The van der Waals surface area contributed by atoms with Crippen LogP contribution in [0.1, 0.15) is 26.5 Å². The summed E-state index contributed by atoms with van der Waals surface area (Å²) >= 11 is 0. The highest BCUT2D eigenvalue weighted by atomic mass is 16.5. The molecule has 0 unspecified atom stereocenters. The summed E-state index contributed by atoms with van der Waals surface area (Å²) in [5.41, 5.74) is 0.439. The van der Waals surface area contributed by atoms with E-state index in [-0.39, 0.29) is 17.8 Å². The summed E-state index contributed by atoms with van der Waals surface area (Å²) in [4.78, 5) is 24.5. The Morgan fingerprint density at radius 1 is 1.40 bits per heavy atom. The molecule has 9 heteroatoms. The number of amides is 1. The van der Waals surface area contributed by atoms with Gasteiger partial charge in [0.05, 0.1) is 12.8 Å². The second-order valence-electron chi connectivity index (χ2n) is 6.58.